The maximum atomic E-state index is 11.8. The van der Waals surface area contributed by atoms with Gasteiger partial charge in [0.2, 0.25) is 5.90 Å². The Kier molecular flexibility index (Phi) is 4.20. The van der Waals surface area contributed by atoms with Gasteiger partial charge in [0.15, 0.2) is 5.70 Å². The molecule has 2 aromatic rings. The summed E-state index contributed by atoms with van der Waals surface area (Å²) in [6, 6.07) is 10.2. The summed E-state index contributed by atoms with van der Waals surface area (Å²) in [6.45, 7) is -0.513. The van der Waals surface area contributed by atoms with Crippen LogP contribution in [0.2, 0.25) is 0 Å². The molecule has 7 heteroatoms. The average molecular weight is 328 g/mol. The van der Waals surface area contributed by atoms with Gasteiger partial charge in [-0.05, 0) is 35.2 Å². The van der Waals surface area contributed by atoms with E-state index in [2.05, 4.69) is 4.99 Å². The van der Waals surface area contributed by atoms with E-state index in [-0.39, 0.29) is 5.70 Å². The van der Waals surface area contributed by atoms with Gasteiger partial charge in [-0.3, -0.25) is 0 Å². The van der Waals surface area contributed by atoms with Crippen LogP contribution in [0, 0.1) is 0 Å². The van der Waals surface area contributed by atoms with Crippen LogP contribution in [0.3, 0.4) is 0 Å². The maximum absolute atomic E-state index is 11.8. The highest BCUT2D eigenvalue weighted by atomic mass is 32.1. The molecule has 3 rings (SSSR count). The second kappa shape index (κ2) is 6.45. The van der Waals surface area contributed by atoms with Gasteiger partial charge in [-0.2, -0.15) is 0 Å². The summed E-state index contributed by atoms with van der Waals surface area (Å²) in [6.07, 6.45) is 1.59. The molecule has 0 fully saturated rings. The Morgan fingerprint density at radius 2 is 2.09 bits per heavy atom. The Balaban J connectivity index is 1.76. The van der Waals surface area contributed by atoms with Gasteiger partial charge in [0.25, 0.3) is 0 Å². The third-order valence-corrected chi connectivity index (χ3v) is 3.75. The van der Waals surface area contributed by atoms with Crippen molar-refractivity contribution in [2.75, 3.05) is 6.61 Å². The molecule has 0 N–H and O–H groups in total. The first-order chi connectivity index (χ1) is 11.1. The number of cyclic esters (lactones) is 1. The van der Waals surface area contributed by atoms with Crippen LogP contribution >= 0.6 is 11.3 Å². The second-order valence-electron chi connectivity index (χ2n) is 4.54. The van der Waals surface area contributed by atoms with E-state index in [0.29, 0.717) is 17.2 Å². The van der Waals surface area contributed by atoms with Crippen molar-refractivity contribution in [1.29, 1.82) is 0 Å². The van der Waals surface area contributed by atoms with Gasteiger partial charge in [-0.25, -0.2) is 9.79 Å². The number of thiophene rings is 1. The number of carbonyl (C=O) groups excluding carboxylic acids is 2. The van der Waals surface area contributed by atoms with Crippen molar-refractivity contribution in [2.45, 2.75) is 0 Å². The number of esters is 1. The van der Waals surface area contributed by atoms with Crippen molar-refractivity contribution in [2.24, 2.45) is 4.99 Å². The smallest absolute Gasteiger partial charge is 0.363 e. The van der Waals surface area contributed by atoms with E-state index in [1.807, 2.05) is 17.5 Å². The van der Waals surface area contributed by atoms with Crippen LogP contribution in [0.15, 0.2) is 52.5 Å². The molecular weight excluding hydrogens is 318 g/mol. The highest BCUT2D eigenvalue weighted by Crippen LogP contribution is 2.22. The fourth-order valence-corrected chi connectivity index (χ4v) is 2.52. The fraction of sp³-hybridized carbons (Fsp3) is 0.0625. The minimum atomic E-state index is -1.29. The van der Waals surface area contributed by atoms with Crippen molar-refractivity contribution in [3.05, 3.63) is 57.9 Å². The van der Waals surface area contributed by atoms with E-state index in [1.54, 1.807) is 30.3 Å². The molecule has 1 aliphatic rings. The van der Waals surface area contributed by atoms with Gasteiger partial charge >= 0.3 is 5.97 Å². The number of benzene rings is 1. The maximum Gasteiger partial charge on any atom is 0.363 e. The topological polar surface area (TPSA) is 88.0 Å². The van der Waals surface area contributed by atoms with Crippen LogP contribution in [0.5, 0.6) is 5.75 Å². The summed E-state index contributed by atoms with van der Waals surface area (Å²) < 4.78 is 10.1. The number of hydrogen-bond acceptors (Lipinski definition) is 7. The summed E-state index contributed by atoms with van der Waals surface area (Å²) in [7, 11) is 0. The zero-order chi connectivity index (χ0) is 16.2. The molecule has 0 saturated heterocycles. The number of carboxylic acid groups (broad SMARTS) is 1. The quantitative estimate of drug-likeness (QED) is 0.608. The molecule has 0 aliphatic carbocycles. The number of carboxylic acids is 1. The predicted octanol–water partition coefficient (Wildman–Crippen LogP) is 1.22. The summed E-state index contributed by atoms with van der Waals surface area (Å²) in [4.78, 5) is 27.1. The lowest BCUT2D eigenvalue weighted by atomic mass is 10.2. The molecule has 6 nitrogen and oxygen atoms in total. The number of aliphatic imine (C=N–C) groups is 1. The second-order valence-corrected chi connectivity index (χ2v) is 5.49. The molecular formula is C16H10NO5S-. The van der Waals surface area contributed by atoms with E-state index >= 15 is 0 Å². The Morgan fingerprint density at radius 3 is 2.74 bits per heavy atom. The van der Waals surface area contributed by atoms with Gasteiger partial charge in [0, 0.05) is 0 Å². The number of nitrogens with zero attached hydrogens (tertiary/aromatic N) is 1. The largest absolute Gasteiger partial charge is 0.546 e. The minimum Gasteiger partial charge on any atom is -0.546 e. The van der Waals surface area contributed by atoms with E-state index in [0.717, 1.165) is 4.88 Å². The van der Waals surface area contributed by atoms with Gasteiger partial charge < -0.3 is 19.4 Å². The lowest BCUT2D eigenvalue weighted by Crippen LogP contribution is -2.28. The summed E-state index contributed by atoms with van der Waals surface area (Å²) >= 11 is 1.44. The zero-order valence-corrected chi connectivity index (χ0v) is 12.5. The van der Waals surface area contributed by atoms with Gasteiger partial charge in [-0.15, -0.1) is 11.3 Å². The molecule has 1 aromatic carbocycles. The van der Waals surface area contributed by atoms with E-state index in [9.17, 15) is 14.7 Å². The summed E-state index contributed by atoms with van der Waals surface area (Å²) in [5.41, 5.74) is 0.922. The van der Waals surface area contributed by atoms with Gasteiger partial charge in [0.1, 0.15) is 12.4 Å². The Morgan fingerprint density at radius 1 is 1.30 bits per heavy atom. The molecule has 0 unspecified atom stereocenters. The lowest BCUT2D eigenvalue weighted by molar-refractivity contribution is -0.307. The molecule has 1 aliphatic heterocycles. The average Bonchev–Trinajstić information content (AvgIpc) is 3.17. The molecule has 0 bridgehead atoms. The molecule has 0 amide bonds. The van der Waals surface area contributed by atoms with Crippen molar-refractivity contribution in [3.63, 3.8) is 0 Å². The highest BCUT2D eigenvalue weighted by molar-refractivity contribution is 7.12. The first-order valence-corrected chi connectivity index (χ1v) is 7.49. The molecule has 23 heavy (non-hydrogen) atoms. The Bertz CT molecular complexity index is 790. The molecule has 0 saturated carbocycles. The standard InChI is InChI=1S/C16H11NO5S/c18-14(19)9-21-11-5-3-10(4-6-11)8-12-16(20)22-15(17-12)13-2-1-7-23-13/h1-8H,9H2,(H,18,19)/p-1/b12-8-. The first kappa shape index (κ1) is 15.0. The van der Waals surface area contributed by atoms with Gasteiger partial charge in [0.05, 0.1) is 10.8 Å². The van der Waals surface area contributed by atoms with Crippen LogP contribution in [-0.2, 0) is 14.3 Å². The number of carbonyl (C=O) groups is 2. The monoisotopic (exact) mass is 328 g/mol. The number of aliphatic carboxylic acids is 1. The Labute approximate surface area is 135 Å². The summed E-state index contributed by atoms with van der Waals surface area (Å²) in [5, 5.41) is 12.2. The van der Waals surface area contributed by atoms with E-state index in [1.165, 1.54) is 11.3 Å². The lowest BCUT2D eigenvalue weighted by Gasteiger charge is -2.06. The van der Waals surface area contributed by atoms with Crippen LogP contribution in [-0.4, -0.2) is 24.4 Å². The van der Waals surface area contributed by atoms with Crippen LogP contribution in [0.4, 0.5) is 0 Å². The molecule has 1 aromatic heterocycles. The summed E-state index contributed by atoms with van der Waals surface area (Å²) in [5.74, 6) is -1.11. The molecule has 0 spiro atoms. The van der Waals surface area contributed by atoms with E-state index in [4.69, 9.17) is 9.47 Å². The van der Waals surface area contributed by atoms with E-state index < -0.39 is 18.5 Å². The van der Waals surface area contributed by atoms with Crippen LogP contribution in [0.25, 0.3) is 6.08 Å². The van der Waals surface area contributed by atoms with Crippen molar-refractivity contribution in [1.82, 2.24) is 0 Å². The third kappa shape index (κ3) is 3.64. The molecule has 116 valence electrons. The molecule has 0 radical (unpaired) electrons. The van der Waals surface area contributed by atoms with Crippen molar-refractivity contribution < 1.29 is 24.2 Å². The van der Waals surface area contributed by atoms with Crippen LogP contribution < -0.4 is 9.84 Å². The fourth-order valence-electron chi connectivity index (χ4n) is 1.88. The number of ether oxygens (including phenoxy) is 2. The third-order valence-electron chi connectivity index (χ3n) is 2.89. The van der Waals surface area contributed by atoms with Crippen molar-refractivity contribution in [3.8, 4) is 5.75 Å². The Hall–Kier alpha value is -2.93. The SMILES string of the molecule is O=C([O-])COc1ccc(/C=C2\N=C(c3cccs3)OC2=O)cc1. The zero-order valence-electron chi connectivity index (χ0n) is 11.7. The number of hydrogen-bond donors (Lipinski definition) is 0. The normalized spacial score (nSPS) is 15.4. The highest BCUT2D eigenvalue weighted by Gasteiger charge is 2.24. The van der Waals surface area contributed by atoms with Crippen molar-refractivity contribution >= 4 is 35.2 Å². The molecule has 0 atom stereocenters. The minimum absolute atomic E-state index is 0.205. The van der Waals surface area contributed by atoms with Gasteiger partial charge in [-0.1, -0.05) is 18.2 Å². The molecule has 2 heterocycles. The van der Waals surface area contributed by atoms with Crippen LogP contribution in [0.1, 0.15) is 10.4 Å². The first-order valence-electron chi connectivity index (χ1n) is 6.61. The number of rotatable bonds is 5. The predicted molar refractivity (Wildman–Crippen MR) is 81.9 cm³/mol.